The number of hydrogen-bond donors (Lipinski definition) is 1. The molecule has 0 aliphatic heterocycles. The highest BCUT2D eigenvalue weighted by Gasteiger charge is 2.39. The predicted molar refractivity (Wildman–Crippen MR) is 71.0 cm³/mol. The zero-order valence-corrected chi connectivity index (χ0v) is 11.3. The molecule has 0 saturated heterocycles. The van der Waals surface area contributed by atoms with Crippen molar-refractivity contribution in [1.29, 1.82) is 0 Å². The molecule has 1 heterocycles. The van der Waals surface area contributed by atoms with Gasteiger partial charge in [0.15, 0.2) is 0 Å². The maximum absolute atomic E-state index is 4.49. The molecule has 2 rings (SSSR count). The van der Waals surface area contributed by atoms with Crippen molar-refractivity contribution in [2.24, 2.45) is 11.8 Å². The van der Waals surface area contributed by atoms with E-state index in [0.717, 1.165) is 31.3 Å². The van der Waals surface area contributed by atoms with Gasteiger partial charge in [-0.3, -0.25) is 0 Å². The van der Waals surface area contributed by atoms with E-state index in [1.165, 1.54) is 18.7 Å². The van der Waals surface area contributed by atoms with Crippen LogP contribution in [-0.4, -0.2) is 22.1 Å². The number of aromatic nitrogens is 2. The fraction of sp³-hybridized carbons (Fsp3) is 0.786. The van der Waals surface area contributed by atoms with E-state index in [1.807, 2.05) is 6.20 Å². The Balaban J connectivity index is 1.96. The zero-order valence-electron chi connectivity index (χ0n) is 11.3. The molecule has 1 aromatic heterocycles. The molecule has 1 aliphatic rings. The molecule has 1 N–H and O–H groups in total. The molecule has 1 aromatic rings. The minimum absolute atomic E-state index is 0.623. The average Bonchev–Trinajstić information content (AvgIpc) is 2.90. The smallest absolute Gasteiger partial charge is 0.110 e. The van der Waals surface area contributed by atoms with Gasteiger partial charge in [-0.05, 0) is 38.1 Å². The highest BCUT2D eigenvalue weighted by molar-refractivity contribution is 5.01. The molecule has 0 radical (unpaired) electrons. The molecular formula is C14H25N3. The van der Waals surface area contributed by atoms with Crippen LogP contribution in [0.2, 0.25) is 0 Å². The van der Waals surface area contributed by atoms with Crippen LogP contribution in [-0.2, 0) is 13.0 Å². The van der Waals surface area contributed by atoms with Gasteiger partial charge in [0.1, 0.15) is 5.82 Å². The quantitative estimate of drug-likeness (QED) is 0.787. The molecule has 3 atom stereocenters. The van der Waals surface area contributed by atoms with Gasteiger partial charge < -0.3 is 9.88 Å². The maximum atomic E-state index is 4.49. The van der Waals surface area contributed by atoms with Crippen LogP contribution in [0.25, 0.3) is 0 Å². The fourth-order valence-electron chi connectivity index (χ4n) is 2.63. The van der Waals surface area contributed by atoms with Gasteiger partial charge in [-0.1, -0.05) is 13.8 Å². The van der Waals surface area contributed by atoms with E-state index in [-0.39, 0.29) is 0 Å². The molecule has 0 amide bonds. The van der Waals surface area contributed by atoms with Gasteiger partial charge in [-0.25, -0.2) is 4.98 Å². The lowest BCUT2D eigenvalue weighted by molar-refractivity contribution is 0.430. The van der Waals surface area contributed by atoms with E-state index in [4.69, 9.17) is 0 Å². The molecule has 1 aliphatic carbocycles. The van der Waals surface area contributed by atoms with Crippen molar-refractivity contribution in [2.75, 3.05) is 6.54 Å². The highest BCUT2D eigenvalue weighted by Crippen LogP contribution is 2.41. The summed E-state index contributed by atoms with van der Waals surface area (Å²) in [5.74, 6) is 3.00. The summed E-state index contributed by atoms with van der Waals surface area (Å²) in [6.07, 6.45) is 7.68. The van der Waals surface area contributed by atoms with Crippen molar-refractivity contribution in [3.63, 3.8) is 0 Å². The lowest BCUT2D eigenvalue weighted by Crippen LogP contribution is -2.35. The first-order chi connectivity index (χ1) is 8.26. The van der Waals surface area contributed by atoms with Crippen molar-refractivity contribution in [1.82, 2.24) is 14.9 Å². The van der Waals surface area contributed by atoms with Gasteiger partial charge in [-0.2, -0.15) is 0 Å². The summed E-state index contributed by atoms with van der Waals surface area (Å²) in [6.45, 7) is 8.92. The largest absolute Gasteiger partial charge is 0.335 e. The second kappa shape index (κ2) is 5.67. The third kappa shape index (κ3) is 3.09. The third-order valence-electron chi connectivity index (χ3n) is 3.89. The lowest BCUT2D eigenvalue weighted by Gasteiger charge is -2.18. The standard InChI is InChI=1S/C14H25N3/c1-4-6-15-13(12-9-11(12)3)10-14-16-7-8-17(14)5-2/h7-8,11-13,15H,4-6,9-10H2,1-3H3. The minimum Gasteiger partial charge on any atom is -0.335 e. The van der Waals surface area contributed by atoms with Crippen molar-refractivity contribution in [3.8, 4) is 0 Å². The molecule has 1 fully saturated rings. The van der Waals surface area contributed by atoms with Crippen LogP contribution in [0.4, 0.5) is 0 Å². The van der Waals surface area contributed by atoms with Crippen LogP contribution in [0.3, 0.4) is 0 Å². The normalized spacial score (nSPS) is 24.9. The Morgan fingerprint density at radius 2 is 2.29 bits per heavy atom. The summed E-state index contributed by atoms with van der Waals surface area (Å²) in [4.78, 5) is 4.49. The van der Waals surface area contributed by atoms with Crippen LogP contribution in [0.1, 0.15) is 39.4 Å². The molecule has 96 valence electrons. The second-order valence-corrected chi connectivity index (χ2v) is 5.27. The molecule has 17 heavy (non-hydrogen) atoms. The Bertz CT molecular complexity index is 345. The molecule has 3 heteroatoms. The first-order valence-corrected chi connectivity index (χ1v) is 6.99. The van der Waals surface area contributed by atoms with E-state index in [2.05, 4.69) is 41.8 Å². The first kappa shape index (κ1) is 12.6. The first-order valence-electron chi connectivity index (χ1n) is 6.99. The lowest BCUT2D eigenvalue weighted by atomic mass is 10.1. The summed E-state index contributed by atoms with van der Waals surface area (Å²) in [5.41, 5.74) is 0. The van der Waals surface area contributed by atoms with Gasteiger partial charge in [0, 0.05) is 31.4 Å². The average molecular weight is 235 g/mol. The summed E-state index contributed by atoms with van der Waals surface area (Å²) in [6, 6.07) is 0.623. The molecule has 1 saturated carbocycles. The summed E-state index contributed by atoms with van der Waals surface area (Å²) in [5, 5.41) is 3.70. The molecule has 3 nitrogen and oxygen atoms in total. The van der Waals surface area contributed by atoms with E-state index in [0.29, 0.717) is 6.04 Å². The predicted octanol–water partition coefficient (Wildman–Crippen LogP) is 2.47. The molecule has 0 bridgehead atoms. The van der Waals surface area contributed by atoms with Gasteiger partial charge >= 0.3 is 0 Å². The summed E-state index contributed by atoms with van der Waals surface area (Å²) in [7, 11) is 0. The van der Waals surface area contributed by atoms with E-state index in [9.17, 15) is 0 Å². The van der Waals surface area contributed by atoms with Gasteiger partial charge in [0.25, 0.3) is 0 Å². The number of rotatable bonds is 7. The second-order valence-electron chi connectivity index (χ2n) is 5.27. The van der Waals surface area contributed by atoms with Crippen molar-refractivity contribution in [3.05, 3.63) is 18.2 Å². The molecule has 3 unspecified atom stereocenters. The summed E-state index contributed by atoms with van der Waals surface area (Å²) < 4.78 is 2.26. The van der Waals surface area contributed by atoms with Crippen LogP contribution in [0, 0.1) is 11.8 Å². The third-order valence-corrected chi connectivity index (χ3v) is 3.89. The minimum atomic E-state index is 0.623. The van der Waals surface area contributed by atoms with Gasteiger partial charge in [-0.15, -0.1) is 0 Å². The fourth-order valence-corrected chi connectivity index (χ4v) is 2.63. The van der Waals surface area contributed by atoms with E-state index < -0.39 is 0 Å². The number of hydrogen-bond acceptors (Lipinski definition) is 2. The Labute approximate surface area is 105 Å². The van der Waals surface area contributed by atoms with Crippen LogP contribution in [0.5, 0.6) is 0 Å². The van der Waals surface area contributed by atoms with Gasteiger partial charge in [0.05, 0.1) is 0 Å². The Morgan fingerprint density at radius 1 is 1.53 bits per heavy atom. The van der Waals surface area contributed by atoms with E-state index in [1.54, 1.807) is 0 Å². The number of nitrogens with zero attached hydrogens (tertiary/aromatic N) is 2. The number of nitrogens with one attached hydrogen (secondary N) is 1. The molecular weight excluding hydrogens is 210 g/mol. The van der Waals surface area contributed by atoms with Gasteiger partial charge in [0.2, 0.25) is 0 Å². The molecule has 0 spiro atoms. The SMILES string of the molecule is CCCNC(Cc1nccn1CC)C1CC1C. The monoisotopic (exact) mass is 235 g/mol. The van der Waals surface area contributed by atoms with Crippen molar-refractivity contribution >= 4 is 0 Å². The van der Waals surface area contributed by atoms with Crippen LogP contribution in [0.15, 0.2) is 12.4 Å². The summed E-state index contributed by atoms with van der Waals surface area (Å²) >= 11 is 0. The molecule has 0 aromatic carbocycles. The van der Waals surface area contributed by atoms with E-state index >= 15 is 0 Å². The zero-order chi connectivity index (χ0) is 12.3. The Hall–Kier alpha value is -0.830. The number of imidazole rings is 1. The topological polar surface area (TPSA) is 29.9 Å². The van der Waals surface area contributed by atoms with Crippen molar-refractivity contribution < 1.29 is 0 Å². The Morgan fingerprint density at radius 3 is 2.88 bits per heavy atom. The highest BCUT2D eigenvalue weighted by atomic mass is 15.1. The van der Waals surface area contributed by atoms with Crippen molar-refractivity contribution in [2.45, 2.75) is 52.6 Å². The number of aryl methyl sites for hydroxylation is 1. The maximum Gasteiger partial charge on any atom is 0.110 e. The van der Waals surface area contributed by atoms with Crippen LogP contribution < -0.4 is 5.32 Å². The Kier molecular flexibility index (Phi) is 4.21. The van der Waals surface area contributed by atoms with Crippen LogP contribution >= 0.6 is 0 Å².